The molecule has 1 aromatic rings. The molecule has 1 fully saturated rings. The fourth-order valence-corrected chi connectivity index (χ4v) is 2.03. The molecule has 0 aromatic carbocycles. The fraction of sp³-hybridized carbons (Fsp3) is 0.500. The van der Waals surface area contributed by atoms with E-state index >= 15 is 0 Å². The number of anilines is 1. The summed E-state index contributed by atoms with van der Waals surface area (Å²) in [5.41, 5.74) is 1.04. The van der Waals surface area contributed by atoms with Crippen LogP contribution in [0.4, 0.5) is 5.82 Å². The molecule has 4 nitrogen and oxygen atoms in total. The van der Waals surface area contributed by atoms with Gasteiger partial charge in [-0.25, -0.2) is 4.98 Å². The van der Waals surface area contributed by atoms with Crippen LogP contribution in [0.25, 0.3) is 0 Å². The van der Waals surface area contributed by atoms with Crippen LogP contribution in [0, 0.1) is 0 Å². The molecule has 82 valence electrons. The summed E-state index contributed by atoms with van der Waals surface area (Å²) in [7, 11) is 1.66. The number of ether oxygens (including phenoxy) is 1. The number of nitrogens with zero attached hydrogens (tertiary/aromatic N) is 2. The third kappa shape index (κ3) is 2.30. The van der Waals surface area contributed by atoms with Gasteiger partial charge in [0.25, 0.3) is 0 Å². The normalized spacial score (nSPS) is 16.6. The molecule has 1 aromatic heterocycles. The molecule has 5 heteroatoms. The molecule has 0 spiro atoms. The second-order valence-corrected chi connectivity index (χ2v) is 4.54. The van der Waals surface area contributed by atoms with Gasteiger partial charge >= 0.3 is 0 Å². The summed E-state index contributed by atoms with van der Waals surface area (Å²) in [6, 6.07) is 2.00. The number of aromatic nitrogens is 1. The van der Waals surface area contributed by atoms with E-state index in [9.17, 15) is 5.11 Å². The topological polar surface area (TPSA) is 45.6 Å². The van der Waals surface area contributed by atoms with Crippen molar-refractivity contribution in [3.05, 3.63) is 22.3 Å². The van der Waals surface area contributed by atoms with E-state index in [1.54, 1.807) is 13.3 Å². The van der Waals surface area contributed by atoms with E-state index in [1.165, 1.54) is 0 Å². The predicted molar refractivity (Wildman–Crippen MR) is 60.9 cm³/mol. The van der Waals surface area contributed by atoms with E-state index in [0.29, 0.717) is 19.7 Å². The highest BCUT2D eigenvalue weighted by Crippen LogP contribution is 2.25. The summed E-state index contributed by atoms with van der Waals surface area (Å²) < 4.78 is 6.06. The van der Waals surface area contributed by atoms with E-state index < -0.39 is 0 Å². The van der Waals surface area contributed by atoms with E-state index in [2.05, 4.69) is 20.9 Å². The van der Waals surface area contributed by atoms with E-state index in [4.69, 9.17) is 4.74 Å². The van der Waals surface area contributed by atoms with Gasteiger partial charge in [0.05, 0.1) is 12.7 Å². The third-order valence-electron chi connectivity index (χ3n) is 2.37. The number of rotatable bonds is 3. The van der Waals surface area contributed by atoms with Gasteiger partial charge in [-0.3, -0.25) is 0 Å². The molecule has 15 heavy (non-hydrogen) atoms. The van der Waals surface area contributed by atoms with Gasteiger partial charge in [-0.05, 0) is 22.0 Å². The SMILES string of the molecule is COCc1cc(Br)cnc1N1CC(O)C1. The van der Waals surface area contributed by atoms with Crippen molar-refractivity contribution in [3.63, 3.8) is 0 Å². The van der Waals surface area contributed by atoms with E-state index in [1.807, 2.05) is 11.0 Å². The van der Waals surface area contributed by atoms with Crippen LogP contribution in [0.1, 0.15) is 5.56 Å². The maximum atomic E-state index is 9.25. The lowest BCUT2D eigenvalue weighted by molar-refractivity contribution is 0.140. The quantitative estimate of drug-likeness (QED) is 0.898. The molecule has 0 aliphatic carbocycles. The van der Waals surface area contributed by atoms with Crippen LogP contribution in [0.3, 0.4) is 0 Å². The van der Waals surface area contributed by atoms with Gasteiger partial charge in [-0.2, -0.15) is 0 Å². The molecular formula is C10H13BrN2O2. The Kier molecular flexibility index (Phi) is 3.23. The number of aliphatic hydroxyl groups excluding tert-OH is 1. The van der Waals surface area contributed by atoms with E-state index in [0.717, 1.165) is 15.9 Å². The zero-order chi connectivity index (χ0) is 10.8. The van der Waals surface area contributed by atoms with E-state index in [-0.39, 0.29) is 6.10 Å². The van der Waals surface area contributed by atoms with Crippen molar-refractivity contribution in [2.24, 2.45) is 0 Å². The van der Waals surface area contributed by atoms with Crippen LogP contribution >= 0.6 is 15.9 Å². The Bertz CT molecular complexity index is 353. The number of hydrogen-bond acceptors (Lipinski definition) is 4. The van der Waals surface area contributed by atoms with Gasteiger partial charge in [-0.15, -0.1) is 0 Å². The first kappa shape index (κ1) is 10.9. The van der Waals surface area contributed by atoms with Crippen molar-refractivity contribution in [1.82, 2.24) is 4.98 Å². The van der Waals surface area contributed by atoms with Crippen molar-refractivity contribution in [3.8, 4) is 0 Å². The first-order valence-corrected chi connectivity index (χ1v) is 5.56. The van der Waals surface area contributed by atoms with Gasteiger partial charge in [0.15, 0.2) is 0 Å². The zero-order valence-electron chi connectivity index (χ0n) is 8.48. The Morgan fingerprint density at radius 1 is 1.67 bits per heavy atom. The fourth-order valence-electron chi connectivity index (χ4n) is 1.65. The van der Waals surface area contributed by atoms with Gasteiger partial charge in [-0.1, -0.05) is 0 Å². The molecule has 0 saturated carbocycles. The number of halogens is 1. The Morgan fingerprint density at radius 3 is 3.00 bits per heavy atom. The van der Waals surface area contributed by atoms with Crippen LogP contribution in [-0.2, 0) is 11.3 Å². The first-order valence-electron chi connectivity index (χ1n) is 4.77. The second kappa shape index (κ2) is 4.47. The molecule has 2 heterocycles. The number of pyridine rings is 1. The minimum Gasteiger partial charge on any atom is -0.389 e. The molecule has 0 atom stereocenters. The monoisotopic (exact) mass is 272 g/mol. The van der Waals surface area contributed by atoms with Gasteiger partial charge in [0.1, 0.15) is 5.82 Å². The smallest absolute Gasteiger partial charge is 0.134 e. The van der Waals surface area contributed by atoms with Crippen molar-refractivity contribution in [1.29, 1.82) is 0 Å². The molecule has 1 aliphatic rings. The molecule has 0 radical (unpaired) electrons. The lowest BCUT2D eigenvalue weighted by atomic mass is 10.1. The number of methoxy groups -OCH3 is 1. The number of hydrogen-bond donors (Lipinski definition) is 1. The highest BCUT2D eigenvalue weighted by Gasteiger charge is 2.27. The molecule has 2 rings (SSSR count). The largest absolute Gasteiger partial charge is 0.389 e. The summed E-state index contributed by atoms with van der Waals surface area (Å²) in [6.45, 7) is 1.85. The third-order valence-corrected chi connectivity index (χ3v) is 2.80. The Hall–Kier alpha value is -0.650. The van der Waals surface area contributed by atoms with Crippen molar-refractivity contribution in [2.45, 2.75) is 12.7 Å². The van der Waals surface area contributed by atoms with Crippen LogP contribution in [-0.4, -0.2) is 36.4 Å². The molecular weight excluding hydrogens is 260 g/mol. The Labute approximate surface area is 97.0 Å². The molecule has 0 unspecified atom stereocenters. The Balaban J connectivity index is 2.21. The summed E-state index contributed by atoms with van der Waals surface area (Å²) in [4.78, 5) is 6.39. The summed E-state index contributed by atoms with van der Waals surface area (Å²) >= 11 is 3.38. The van der Waals surface area contributed by atoms with Crippen molar-refractivity contribution < 1.29 is 9.84 Å². The maximum absolute atomic E-state index is 9.25. The second-order valence-electron chi connectivity index (χ2n) is 3.63. The summed E-state index contributed by atoms with van der Waals surface area (Å²) in [5, 5.41) is 9.25. The van der Waals surface area contributed by atoms with Gasteiger partial charge in [0, 0.05) is 36.4 Å². The maximum Gasteiger partial charge on any atom is 0.134 e. The molecule has 1 N–H and O–H groups in total. The van der Waals surface area contributed by atoms with Crippen molar-refractivity contribution in [2.75, 3.05) is 25.1 Å². The Morgan fingerprint density at radius 2 is 2.40 bits per heavy atom. The number of β-amino-alcohol motifs (C(OH)–C–C–N with tert-alkyl or cyclic N) is 1. The highest BCUT2D eigenvalue weighted by atomic mass is 79.9. The van der Waals surface area contributed by atoms with Gasteiger partial charge < -0.3 is 14.7 Å². The predicted octanol–water partition coefficient (Wildman–Crippen LogP) is 1.17. The average Bonchev–Trinajstić information content (AvgIpc) is 2.15. The summed E-state index contributed by atoms with van der Waals surface area (Å²) in [5.74, 6) is 0.908. The number of aliphatic hydroxyl groups is 1. The van der Waals surface area contributed by atoms with Crippen LogP contribution < -0.4 is 4.90 Å². The first-order chi connectivity index (χ1) is 7.20. The lowest BCUT2D eigenvalue weighted by Crippen LogP contribution is -2.51. The lowest BCUT2D eigenvalue weighted by Gasteiger charge is -2.37. The van der Waals surface area contributed by atoms with Crippen LogP contribution in [0.15, 0.2) is 16.7 Å². The van der Waals surface area contributed by atoms with Crippen LogP contribution in [0.5, 0.6) is 0 Å². The van der Waals surface area contributed by atoms with Crippen LogP contribution in [0.2, 0.25) is 0 Å². The molecule has 0 bridgehead atoms. The standard InChI is InChI=1S/C10H13BrN2O2/c1-15-6-7-2-8(11)3-12-10(7)13-4-9(14)5-13/h2-3,9,14H,4-6H2,1H3. The van der Waals surface area contributed by atoms with Crippen molar-refractivity contribution >= 4 is 21.7 Å². The zero-order valence-corrected chi connectivity index (χ0v) is 10.1. The average molecular weight is 273 g/mol. The summed E-state index contributed by atoms with van der Waals surface area (Å²) in [6.07, 6.45) is 1.55. The molecule has 1 aliphatic heterocycles. The highest BCUT2D eigenvalue weighted by molar-refractivity contribution is 9.10. The van der Waals surface area contributed by atoms with Gasteiger partial charge in [0.2, 0.25) is 0 Å². The molecule has 0 amide bonds. The minimum atomic E-state index is -0.217. The molecule has 1 saturated heterocycles. The minimum absolute atomic E-state index is 0.217.